The number of aromatic nitrogens is 2. The van der Waals surface area contributed by atoms with Gasteiger partial charge in [0.1, 0.15) is 6.61 Å². The minimum absolute atomic E-state index is 0.0218. The predicted molar refractivity (Wildman–Crippen MR) is 145 cm³/mol. The minimum Gasteiger partial charge on any atom is -0.467 e. The molecule has 1 unspecified atom stereocenters. The van der Waals surface area contributed by atoms with Gasteiger partial charge in [0.25, 0.3) is 11.1 Å². The van der Waals surface area contributed by atoms with Crippen molar-refractivity contribution in [2.24, 2.45) is 5.92 Å². The van der Waals surface area contributed by atoms with Crippen LogP contribution in [-0.4, -0.2) is 59.2 Å². The van der Waals surface area contributed by atoms with Gasteiger partial charge >= 0.3 is 0 Å². The van der Waals surface area contributed by atoms with Crippen molar-refractivity contribution in [1.82, 2.24) is 20.2 Å². The van der Waals surface area contributed by atoms with Crippen LogP contribution in [0.4, 0.5) is 0 Å². The fourth-order valence-corrected chi connectivity index (χ4v) is 6.86. The number of thiazole rings is 1. The molecule has 2 aliphatic heterocycles. The average Bonchev–Trinajstić information content (AvgIpc) is 3.60. The van der Waals surface area contributed by atoms with Crippen molar-refractivity contribution >= 4 is 28.1 Å². The van der Waals surface area contributed by atoms with Gasteiger partial charge < -0.3 is 14.8 Å². The zero-order valence-electron chi connectivity index (χ0n) is 21.4. The Morgan fingerprint density at radius 1 is 1.16 bits per heavy atom. The summed E-state index contributed by atoms with van der Waals surface area (Å²) in [6.45, 7) is 4.63. The summed E-state index contributed by atoms with van der Waals surface area (Å²) in [6.07, 6.45) is 11.0. The van der Waals surface area contributed by atoms with Crippen LogP contribution in [0.5, 0.6) is 5.19 Å². The third kappa shape index (κ3) is 5.97. The second kappa shape index (κ2) is 11.5. The monoisotopic (exact) mass is 520 g/mol. The number of carbonyl (C=O) groups is 1. The molecule has 37 heavy (non-hydrogen) atoms. The first-order chi connectivity index (χ1) is 18.2. The van der Waals surface area contributed by atoms with Gasteiger partial charge in [0.15, 0.2) is 0 Å². The molecule has 1 amide bonds. The normalized spacial score (nSPS) is 24.2. The molecule has 1 saturated carbocycles. The molecular weight excluding hydrogens is 484 g/mol. The Balaban J connectivity index is 0.937. The molecule has 3 aromatic rings. The molecule has 196 valence electrons. The molecular formula is C29H36N4O3S. The lowest BCUT2D eigenvalue weighted by Gasteiger charge is -2.32. The number of benzene rings is 1. The summed E-state index contributed by atoms with van der Waals surface area (Å²) in [5.41, 5.74) is 2.79. The van der Waals surface area contributed by atoms with Crippen LogP contribution in [0, 0.1) is 5.92 Å². The number of amides is 1. The molecule has 1 aliphatic carbocycles. The number of hydrogen-bond donors (Lipinski definition) is 1. The summed E-state index contributed by atoms with van der Waals surface area (Å²) in [5, 5.41) is 5.02. The highest BCUT2D eigenvalue weighted by molar-refractivity contribution is 7.13. The molecule has 1 saturated heterocycles. The Bertz CT molecular complexity index is 1210. The highest BCUT2D eigenvalue weighted by Gasteiger charge is 2.26. The Kier molecular flexibility index (Phi) is 7.67. The lowest BCUT2D eigenvalue weighted by atomic mass is 9.84. The molecule has 8 heteroatoms. The third-order valence-electron chi connectivity index (χ3n) is 8.13. The number of hydrogen-bond acceptors (Lipinski definition) is 7. The van der Waals surface area contributed by atoms with E-state index < -0.39 is 0 Å². The summed E-state index contributed by atoms with van der Waals surface area (Å²) in [6, 6.07) is 9.89. The first kappa shape index (κ1) is 24.8. The number of rotatable bonds is 8. The average molecular weight is 521 g/mol. The maximum Gasteiger partial charge on any atom is 0.273 e. The Morgan fingerprint density at radius 3 is 2.95 bits per heavy atom. The number of nitrogens with one attached hydrogen (secondary N) is 1. The van der Waals surface area contributed by atoms with E-state index in [1.54, 1.807) is 17.5 Å². The SMILES string of the molecule is O=C(NC1CCC(CCN2CCc3sc(OCC4CCCO4)nc3C2)CC1)c1cccc2ncccc12. The summed E-state index contributed by atoms with van der Waals surface area (Å²) < 4.78 is 11.6. The van der Waals surface area contributed by atoms with E-state index in [1.807, 2.05) is 30.3 Å². The van der Waals surface area contributed by atoms with Crippen LogP contribution in [0.15, 0.2) is 36.5 Å². The Hall–Kier alpha value is -2.55. The molecule has 2 fully saturated rings. The highest BCUT2D eigenvalue weighted by atomic mass is 32.1. The number of nitrogens with zero attached hydrogens (tertiary/aromatic N) is 3. The van der Waals surface area contributed by atoms with Crippen LogP contribution in [-0.2, 0) is 17.7 Å². The molecule has 4 heterocycles. The lowest BCUT2D eigenvalue weighted by Crippen LogP contribution is -2.38. The first-order valence-electron chi connectivity index (χ1n) is 13.8. The first-order valence-corrected chi connectivity index (χ1v) is 14.6. The van der Waals surface area contributed by atoms with Crippen LogP contribution >= 0.6 is 11.3 Å². The third-order valence-corrected chi connectivity index (χ3v) is 9.20. The lowest BCUT2D eigenvalue weighted by molar-refractivity contribution is 0.0677. The molecule has 0 spiro atoms. The molecule has 1 N–H and O–H groups in total. The smallest absolute Gasteiger partial charge is 0.273 e. The fraction of sp³-hybridized carbons (Fsp3) is 0.552. The van der Waals surface area contributed by atoms with Gasteiger partial charge in [0.05, 0.1) is 17.3 Å². The molecule has 0 radical (unpaired) electrons. The van der Waals surface area contributed by atoms with Crippen LogP contribution in [0.2, 0.25) is 0 Å². The summed E-state index contributed by atoms with van der Waals surface area (Å²) in [4.78, 5) is 26.1. The van der Waals surface area contributed by atoms with Crippen molar-refractivity contribution in [1.29, 1.82) is 0 Å². The topological polar surface area (TPSA) is 76.6 Å². The van der Waals surface area contributed by atoms with Crippen LogP contribution < -0.4 is 10.1 Å². The van der Waals surface area contributed by atoms with Crippen molar-refractivity contribution in [3.63, 3.8) is 0 Å². The van der Waals surface area contributed by atoms with Gasteiger partial charge in [-0.05, 0) is 82.0 Å². The number of fused-ring (bicyclic) bond motifs is 2. The molecule has 1 atom stereocenters. The van der Waals surface area contributed by atoms with E-state index in [0.717, 1.165) is 85.9 Å². The van der Waals surface area contributed by atoms with Gasteiger partial charge in [-0.2, -0.15) is 0 Å². The van der Waals surface area contributed by atoms with E-state index >= 15 is 0 Å². The van der Waals surface area contributed by atoms with Crippen LogP contribution in [0.25, 0.3) is 10.9 Å². The van der Waals surface area contributed by atoms with Crippen LogP contribution in [0.1, 0.15) is 65.9 Å². The molecule has 1 aromatic carbocycles. The van der Waals surface area contributed by atoms with Gasteiger partial charge in [0, 0.05) is 47.8 Å². The standard InChI is InChI=1S/C29H36N4O3S/c34-28(24-5-1-7-25-23(24)6-2-14-30-25)31-21-10-8-20(9-11-21)12-15-33-16-13-27-26(18-33)32-29(37-27)36-19-22-4-3-17-35-22/h1-2,5-7,14,20-22H,3-4,8-13,15-19H2,(H,31,34). The number of carbonyl (C=O) groups excluding carboxylic acids is 1. The van der Waals surface area contributed by atoms with Crippen LogP contribution in [0.3, 0.4) is 0 Å². The van der Waals surface area contributed by atoms with Crippen molar-refractivity contribution in [2.45, 2.75) is 70.1 Å². The van der Waals surface area contributed by atoms with Gasteiger partial charge in [0.2, 0.25) is 0 Å². The molecule has 3 aliphatic rings. The summed E-state index contributed by atoms with van der Waals surface area (Å²) >= 11 is 1.72. The quantitative estimate of drug-likeness (QED) is 0.451. The van der Waals surface area contributed by atoms with E-state index in [0.29, 0.717) is 6.61 Å². The molecule has 2 aromatic heterocycles. The molecule has 7 nitrogen and oxygen atoms in total. The highest BCUT2D eigenvalue weighted by Crippen LogP contribution is 2.32. The minimum atomic E-state index is 0.0218. The number of ether oxygens (including phenoxy) is 2. The van der Waals surface area contributed by atoms with Crippen molar-refractivity contribution in [3.05, 3.63) is 52.7 Å². The second-order valence-electron chi connectivity index (χ2n) is 10.7. The Morgan fingerprint density at radius 2 is 2.08 bits per heavy atom. The van der Waals surface area contributed by atoms with Gasteiger partial charge in [-0.1, -0.05) is 23.5 Å². The fourth-order valence-electron chi connectivity index (χ4n) is 5.95. The van der Waals surface area contributed by atoms with E-state index in [2.05, 4.69) is 15.2 Å². The van der Waals surface area contributed by atoms with Crippen molar-refractivity contribution in [2.75, 3.05) is 26.3 Å². The van der Waals surface area contributed by atoms with E-state index in [9.17, 15) is 4.79 Å². The molecule has 6 rings (SSSR count). The molecule has 0 bridgehead atoms. The zero-order chi connectivity index (χ0) is 25.0. The van der Waals surface area contributed by atoms with E-state index in [4.69, 9.17) is 14.5 Å². The maximum atomic E-state index is 13.0. The predicted octanol–water partition coefficient (Wildman–Crippen LogP) is 4.99. The second-order valence-corrected chi connectivity index (χ2v) is 11.7. The summed E-state index contributed by atoms with van der Waals surface area (Å²) in [7, 11) is 0. The van der Waals surface area contributed by atoms with Gasteiger partial charge in [-0.15, -0.1) is 0 Å². The zero-order valence-corrected chi connectivity index (χ0v) is 22.2. The summed E-state index contributed by atoms with van der Waals surface area (Å²) in [5.74, 6) is 0.755. The number of pyridine rings is 1. The van der Waals surface area contributed by atoms with Gasteiger partial charge in [-0.25, -0.2) is 4.98 Å². The van der Waals surface area contributed by atoms with Gasteiger partial charge in [-0.3, -0.25) is 14.7 Å². The maximum absolute atomic E-state index is 13.0. The Labute approximate surface area is 222 Å². The van der Waals surface area contributed by atoms with E-state index in [1.165, 1.54) is 29.8 Å². The van der Waals surface area contributed by atoms with Crippen molar-refractivity contribution in [3.8, 4) is 5.19 Å². The largest absolute Gasteiger partial charge is 0.467 e. The van der Waals surface area contributed by atoms with E-state index in [-0.39, 0.29) is 18.1 Å². The van der Waals surface area contributed by atoms with Crippen molar-refractivity contribution < 1.29 is 14.3 Å².